The molecule has 666 valence electrons. The standard InChI is InChI=1S/C26H26FNOS2.C14H21NO2S.C14H21NOS2.C14H20O3S.C14H14OP2S4.C12H8BrFO.C2H6O/c1-17(26(2,3)31-15-18-9-11-19(29-4)12-10-18)25-28-24(16-30-25)22-13-14-23(27)21-8-6-5-7-20(21)22;1-10(13(15)16)14(2,3)18-9-11-5-7-12(17-4)8-6-11;1-10(13(15)17)14(2,3)18-9-11-5-7-12(16-4)8-6-11;1-10(13(15)16)14(2,3)18-9-11-5-7-12(17-4)8-6-11;1-11-3-7-13(8-4-11)16(18)20-17(19,21-16)14-9-5-12(15-2)6-10-14;13-7-12(15)10-5-6-11(14)9-4-2-1-3-8(9)10;1-2-3/h5-14,16-17H,15H2,1-4H3;5-8,10H,9H2,1-4H3,(H2,15,16);5-8,10H,9H2,1-4H3,(H2,15,17);5-8,10H,9H2,1-4H3,(H,15,16);3-10H,1-2H3;1-6H,7H2;3H,2H2,1H3/t17-;3*10-;;;/m1111.../s1. The van der Waals surface area contributed by atoms with Crippen LogP contribution in [0.1, 0.15) is 139 Å². The third kappa shape index (κ3) is 31.7. The molecule has 1 aliphatic rings. The molecule has 0 spiro atoms. The number of hydrogen-bond donors (Lipinski definition) is 4. The maximum Gasteiger partial charge on any atom is 0.307 e. The summed E-state index contributed by atoms with van der Waals surface area (Å²) in [5.74, 6) is 6.31. The Morgan fingerprint density at radius 3 is 1.16 bits per heavy atom. The summed E-state index contributed by atoms with van der Waals surface area (Å²) in [5.41, 5.74) is 19.8. The fraction of sp³-hybridized carbons (Fsp3) is 0.344. The molecular weight excluding hydrogens is 1860 g/mol. The molecule has 2 heterocycles. The number of nitrogens with zero attached hydrogens (tertiary/aromatic N) is 1. The summed E-state index contributed by atoms with van der Waals surface area (Å²) in [6.07, 6.45) is 0. The minimum Gasteiger partial charge on any atom is -0.497 e. The van der Waals surface area contributed by atoms with Gasteiger partial charge in [-0.1, -0.05) is 256 Å². The first kappa shape index (κ1) is 106. The highest BCUT2D eigenvalue weighted by Crippen LogP contribution is 3.04. The van der Waals surface area contributed by atoms with E-state index in [0.29, 0.717) is 26.7 Å². The fourth-order valence-corrected chi connectivity index (χ4v) is 59.9. The minimum absolute atomic E-state index is 0.0138. The number of thioether (sulfide) groups is 4. The number of Topliss-reactive ketones (excluding diaryl/α,β-unsaturated/α-hetero) is 1. The second kappa shape index (κ2) is 50.5. The molecule has 1 amide bonds. The topological polar surface area (TPSA) is 203 Å². The molecule has 0 saturated carbocycles. The minimum atomic E-state index is -1.62. The number of carbonyl (C=O) groups excluding carboxylic acids is 2. The molecule has 13 nitrogen and oxygen atoms in total. The van der Waals surface area contributed by atoms with E-state index in [4.69, 9.17) is 86.2 Å². The average Bonchev–Trinajstić information content (AvgIpc) is 0.862. The Bertz CT molecular complexity index is 5140. The number of nitrogens with two attached hydrogens (primary N) is 2. The lowest BCUT2D eigenvalue weighted by Crippen LogP contribution is -2.36. The van der Waals surface area contributed by atoms with Crippen LogP contribution in [-0.2, 0) is 56.2 Å². The average molecular weight is 1970 g/mol. The predicted octanol–water partition coefficient (Wildman–Crippen LogP) is 26.4. The Hall–Kier alpha value is -6.45. The molecule has 0 unspecified atom stereocenters. The number of benzene rings is 10. The number of carbonyl (C=O) groups is 3. The highest BCUT2D eigenvalue weighted by atomic mass is 79.9. The zero-order chi connectivity index (χ0) is 91.9. The Labute approximate surface area is 785 Å². The van der Waals surface area contributed by atoms with E-state index >= 15 is 0 Å². The van der Waals surface area contributed by atoms with Gasteiger partial charge in [0.05, 0.1) is 71.4 Å². The van der Waals surface area contributed by atoms with Crippen LogP contribution < -0.4 is 45.8 Å². The molecule has 1 aliphatic heterocycles. The normalized spacial score (nSPS) is 15.1. The number of aliphatic hydroxyl groups excluding tert-OH is 1. The monoisotopic (exact) mass is 1970 g/mol. The maximum atomic E-state index is 14.2. The summed E-state index contributed by atoms with van der Waals surface area (Å²) in [6, 6.07) is 69.8. The third-order valence-electron chi connectivity index (χ3n) is 21.0. The molecule has 10 aromatic carbocycles. The van der Waals surface area contributed by atoms with E-state index in [1.807, 2.05) is 182 Å². The quantitative estimate of drug-likeness (QED) is 0.0143. The van der Waals surface area contributed by atoms with Crippen molar-refractivity contribution in [2.45, 2.75) is 145 Å². The van der Waals surface area contributed by atoms with Crippen molar-refractivity contribution in [1.82, 2.24) is 4.98 Å². The molecule has 0 bridgehead atoms. The first-order valence-electron chi connectivity index (χ1n) is 39.8. The molecule has 0 radical (unpaired) electrons. The van der Waals surface area contributed by atoms with Crippen LogP contribution in [0.3, 0.4) is 0 Å². The van der Waals surface area contributed by atoms with Crippen LogP contribution in [0.4, 0.5) is 8.78 Å². The molecule has 28 heteroatoms. The highest BCUT2D eigenvalue weighted by Gasteiger charge is 2.46. The number of carboxylic acids is 1. The van der Waals surface area contributed by atoms with Crippen LogP contribution in [0, 0.1) is 36.3 Å². The SMILES string of the molecule is CCO.COc1ccc(CSC(C)(C)[C@H](C)C(=O)O)cc1.COc1ccc(CSC(C)(C)[C@H](C)C(N)=O)cc1.COc1ccc(CSC(C)(C)[C@H](C)C(N)=S)cc1.COc1ccc(CSC(C)(C)[C@H](C)c2nc(-c3ccc(F)c4ccccc34)cs2)cc1.COc1ccc(P2(=S)SP(=S)(c3ccc(C)cc3)S2)cc1.O=C(CBr)c1ccc(F)c2ccccc12. The number of methoxy groups -OCH3 is 5. The molecular formula is C96H116BrF2N3O10P2S10. The number of rotatable bonds is 30. The van der Waals surface area contributed by atoms with E-state index in [1.54, 1.807) is 109 Å². The molecule has 124 heavy (non-hydrogen) atoms. The molecule has 6 N–H and O–H groups in total. The van der Waals surface area contributed by atoms with E-state index in [1.165, 1.54) is 56.6 Å². The summed E-state index contributed by atoms with van der Waals surface area (Å²) in [5, 5.41) is 25.3. The smallest absolute Gasteiger partial charge is 0.307 e. The van der Waals surface area contributed by atoms with Crippen LogP contribution in [0.5, 0.6) is 28.7 Å². The van der Waals surface area contributed by atoms with E-state index in [0.717, 1.165) is 73.4 Å². The Balaban J connectivity index is 0.000000233. The van der Waals surface area contributed by atoms with Gasteiger partial charge in [-0.05, 0) is 172 Å². The summed E-state index contributed by atoms with van der Waals surface area (Å²) < 4.78 is 49.8. The predicted molar refractivity (Wildman–Crippen MR) is 550 cm³/mol. The number of fused-ring (bicyclic) bond motifs is 2. The summed E-state index contributed by atoms with van der Waals surface area (Å²) in [6.45, 7) is 29.0. The number of aryl methyl sites for hydroxylation is 1. The van der Waals surface area contributed by atoms with Crippen LogP contribution in [-0.4, -0.2) is 104 Å². The van der Waals surface area contributed by atoms with Crippen molar-refractivity contribution in [3.05, 3.63) is 274 Å². The lowest BCUT2D eigenvalue weighted by molar-refractivity contribution is -0.141. The van der Waals surface area contributed by atoms with Gasteiger partial charge in [-0.2, -0.15) is 47.0 Å². The number of aliphatic carboxylic acids is 1. The Kier molecular flexibility index (Phi) is 43.3. The maximum absolute atomic E-state index is 14.2. The van der Waals surface area contributed by atoms with Gasteiger partial charge >= 0.3 is 5.97 Å². The zero-order valence-electron chi connectivity index (χ0n) is 73.8. The third-order valence-corrected chi connectivity index (χ3v) is 60.4. The van der Waals surface area contributed by atoms with Crippen molar-refractivity contribution in [3.63, 3.8) is 0 Å². The molecule has 1 aromatic heterocycles. The van der Waals surface area contributed by atoms with Crippen LogP contribution in [0.15, 0.2) is 224 Å². The van der Waals surface area contributed by atoms with Gasteiger partial charge in [0.25, 0.3) is 0 Å². The number of aromatic nitrogens is 1. The number of thiazole rings is 1. The van der Waals surface area contributed by atoms with Gasteiger partial charge in [0.15, 0.2) is 5.78 Å². The summed E-state index contributed by atoms with van der Waals surface area (Å²) in [4.78, 5) is 39.4. The number of aliphatic hydroxyl groups is 1. The number of carboxylic acid groups (broad SMARTS) is 1. The van der Waals surface area contributed by atoms with Crippen LogP contribution in [0.25, 0.3) is 32.8 Å². The number of hydrogen-bond acceptors (Lipinski definition) is 20. The molecule has 12 rings (SSSR count). The van der Waals surface area contributed by atoms with Gasteiger partial charge < -0.3 is 45.4 Å². The van der Waals surface area contributed by atoms with Crippen molar-refractivity contribution >= 4 is 196 Å². The second-order valence-corrected chi connectivity index (χ2v) is 60.6. The molecule has 1 saturated heterocycles. The molecule has 1 fully saturated rings. The van der Waals surface area contributed by atoms with E-state index in [9.17, 15) is 23.2 Å². The fourth-order valence-electron chi connectivity index (χ4n) is 11.4. The number of thiocarbonyl (C=S) groups is 1. The molecule has 0 aliphatic carbocycles. The van der Waals surface area contributed by atoms with Crippen LogP contribution in [0.2, 0.25) is 0 Å². The van der Waals surface area contributed by atoms with Crippen molar-refractivity contribution in [2.24, 2.45) is 29.2 Å². The summed E-state index contributed by atoms with van der Waals surface area (Å²) in [7, 11) is 8.34. The first-order chi connectivity index (χ1) is 58.6. The highest BCUT2D eigenvalue weighted by molar-refractivity contribution is 9.48. The van der Waals surface area contributed by atoms with Crippen molar-refractivity contribution in [1.29, 1.82) is 0 Å². The van der Waals surface area contributed by atoms with Crippen molar-refractivity contribution in [3.8, 4) is 40.0 Å². The van der Waals surface area contributed by atoms with Gasteiger partial charge in [-0.15, -0.1) is 11.3 Å². The number of primary amides is 1. The summed E-state index contributed by atoms with van der Waals surface area (Å²) >= 11 is 32.7. The van der Waals surface area contributed by atoms with Crippen molar-refractivity contribution in [2.75, 3.05) is 47.5 Å². The van der Waals surface area contributed by atoms with Gasteiger partial charge in [0, 0.05) is 104 Å². The molecule has 11 aromatic rings. The Morgan fingerprint density at radius 2 is 0.806 bits per heavy atom. The van der Waals surface area contributed by atoms with Gasteiger partial charge in [-0.25, -0.2) is 13.8 Å². The number of amides is 1. The van der Waals surface area contributed by atoms with E-state index in [2.05, 4.69) is 144 Å². The Morgan fingerprint density at radius 1 is 0.484 bits per heavy atom. The lowest BCUT2D eigenvalue weighted by atomic mass is 9.96. The lowest BCUT2D eigenvalue weighted by Gasteiger charge is -2.40. The number of halogens is 3. The first-order valence-corrected chi connectivity index (χ1v) is 55.8. The molecule has 4 atom stereocenters. The number of alkyl halides is 1. The second-order valence-electron chi connectivity index (χ2n) is 30.9. The number of ketones is 1. The van der Waals surface area contributed by atoms with E-state index < -0.39 is 14.9 Å². The van der Waals surface area contributed by atoms with Crippen LogP contribution >= 0.6 is 117 Å². The number of ether oxygens (including phenoxy) is 5. The van der Waals surface area contributed by atoms with E-state index in [-0.39, 0.29) is 77.9 Å². The zero-order valence-corrected chi connectivity index (χ0v) is 85.3. The van der Waals surface area contributed by atoms with Gasteiger partial charge in [0.1, 0.15) is 40.4 Å². The largest absolute Gasteiger partial charge is 0.497 e. The van der Waals surface area contributed by atoms with Crippen molar-refractivity contribution < 1.29 is 57.1 Å². The van der Waals surface area contributed by atoms with Gasteiger partial charge in [0.2, 0.25) is 5.91 Å². The van der Waals surface area contributed by atoms with Gasteiger partial charge in [-0.3, -0.25) is 14.4 Å².